The minimum absolute atomic E-state index is 0.126. The highest BCUT2D eigenvalue weighted by Crippen LogP contribution is 2.33. The second kappa shape index (κ2) is 6.32. The molecule has 2 nitrogen and oxygen atoms in total. The molecule has 6 heteroatoms. The summed E-state index contributed by atoms with van der Waals surface area (Å²) in [6, 6.07) is 3.27. The van der Waals surface area contributed by atoms with E-state index in [4.69, 9.17) is 0 Å². The first kappa shape index (κ1) is 16.2. The average Bonchev–Trinajstić information content (AvgIpc) is 2.89. The molecule has 0 aromatic heterocycles. The number of nitrogens with one attached hydrogen (secondary N) is 1. The zero-order valence-electron chi connectivity index (χ0n) is 12.2. The van der Waals surface area contributed by atoms with Crippen LogP contribution >= 0.6 is 0 Å². The van der Waals surface area contributed by atoms with E-state index in [9.17, 15) is 17.6 Å². The van der Waals surface area contributed by atoms with Crippen molar-refractivity contribution in [2.45, 2.75) is 45.1 Å². The van der Waals surface area contributed by atoms with Crippen molar-refractivity contribution >= 4 is 0 Å². The first-order chi connectivity index (χ1) is 9.79. The third kappa shape index (κ3) is 3.95. The van der Waals surface area contributed by atoms with Gasteiger partial charge in [-0.25, -0.2) is 4.39 Å². The van der Waals surface area contributed by atoms with Gasteiger partial charge < -0.3 is 5.32 Å². The Morgan fingerprint density at radius 3 is 2.57 bits per heavy atom. The Balaban J connectivity index is 2.28. The van der Waals surface area contributed by atoms with Crippen LogP contribution in [-0.2, 0) is 12.7 Å². The minimum Gasteiger partial charge on any atom is -0.315 e. The second-order valence-corrected chi connectivity index (χ2v) is 5.71. The van der Waals surface area contributed by atoms with E-state index in [1.807, 2.05) is 18.7 Å². The fourth-order valence-corrected chi connectivity index (χ4v) is 2.80. The summed E-state index contributed by atoms with van der Waals surface area (Å²) in [7, 11) is 0. The Kier molecular flexibility index (Phi) is 4.88. The van der Waals surface area contributed by atoms with E-state index in [-0.39, 0.29) is 24.2 Å². The van der Waals surface area contributed by atoms with Gasteiger partial charge in [0.15, 0.2) is 0 Å². The monoisotopic (exact) mass is 304 g/mol. The van der Waals surface area contributed by atoms with Gasteiger partial charge in [-0.3, -0.25) is 4.90 Å². The molecule has 1 fully saturated rings. The molecule has 0 aliphatic carbocycles. The predicted octanol–water partition coefficient (Wildman–Crippen LogP) is 3.42. The van der Waals surface area contributed by atoms with E-state index < -0.39 is 17.6 Å². The predicted molar refractivity (Wildman–Crippen MR) is 73.4 cm³/mol. The first-order valence-electron chi connectivity index (χ1n) is 7.11. The smallest absolute Gasteiger partial charge is 0.315 e. The molecule has 1 atom stereocenters. The molecule has 0 amide bonds. The van der Waals surface area contributed by atoms with Crippen molar-refractivity contribution in [2.75, 3.05) is 13.1 Å². The molecule has 0 unspecified atom stereocenters. The Hall–Kier alpha value is -1.14. The highest BCUT2D eigenvalue weighted by molar-refractivity contribution is 5.30. The number of hydrogen-bond donors (Lipinski definition) is 1. The number of halogens is 4. The fraction of sp³-hybridized carbons (Fsp3) is 0.600. The number of rotatable bonds is 4. The maximum atomic E-state index is 13.2. The molecule has 0 saturated carbocycles. The number of hydrogen-bond acceptors (Lipinski definition) is 2. The molecule has 0 spiro atoms. The topological polar surface area (TPSA) is 15.3 Å². The largest absolute Gasteiger partial charge is 0.416 e. The van der Waals surface area contributed by atoms with Gasteiger partial charge in [0, 0.05) is 25.2 Å². The van der Waals surface area contributed by atoms with E-state index in [2.05, 4.69) is 5.32 Å². The van der Waals surface area contributed by atoms with Gasteiger partial charge in [-0.1, -0.05) is 6.07 Å². The molecule has 21 heavy (non-hydrogen) atoms. The summed E-state index contributed by atoms with van der Waals surface area (Å²) in [5.74, 6) is -0.857. The lowest BCUT2D eigenvalue weighted by Crippen LogP contribution is -2.41. The summed E-state index contributed by atoms with van der Waals surface area (Å²) in [5, 5.41) is 3.22. The highest BCUT2D eigenvalue weighted by Gasteiger charge is 2.35. The molecular formula is C15H20F4N2. The minimum atomic E-state index is -4.53. The van der Waals surface area contributed by atoms with Crippen LogP contribution in [0.4, 0.5) is 17.6 Å². The van der Waals surface area contributed by atoms with Crippen molar-refractivity contribution in [1.82, 2.24) is 10.2 Å². The number of alkyl halides is 3. The maximum absolute atomic E-state index is 13.2. The van der Waals surface area contributed by atoms with Gasteiger partial charge in [0.05, 0.1) is 5.56 Å². The van der Waals surface area contributed by atoms with Crippen molar-refractivity contribution in [1.29, 1.82) is 0 Å². The Morgan fingerprint density at radius 1 is 1.33 bits per heavy atom. The summed E-state index contributed by atoms with van der Waals surface area (Å²) in [6.45, 7) is 5.77. The van der Waals surface area contributed by atoms with E-state index in [1.54, 1.807) is 0 Å². The standard InChI is InChI=1S/C15H20F4N2/c1-10(2)21(13-5-6-20-8-13)9-11-3-4-12(16)7-14(11)15(17,18)19/h3-4,7,10,13,20H,5-6,8-9H2,1-2H3/t13-/m0/s1. The van der Waals surface area contributed by atoms with Crippen LogP contribution in [0.25, 0.3) is 0 Å². The molecule has 1 aliphatic rings. The molecule has 1 heterocycles. The molecule has 1 saturated heterocycles. The molecule has 1 aromatic carbocycles. The third-order valence-corrected chi connectivity index (χ3v) is 3.90. The molecule has 1 N–H and O–H groups in total. The highest BCUT2D eigenvalue weighted by atomic mass is 19.4. The lowest BCUT2D eigenvalue weighted by atomic mass is 10.0. The van der Waals surface area contributed by atoms with E-state index >= 15 is 0 Å². The van der Waals surface area contributed by atoms with E-state index in [0.29, 0.717) is 6.07 Å². The van der Waals surface area contributed by atoms with Gasteiger partial charge >= 0.3 is 6.18 Å². The maximum Gasteiger partial charge on any atom is 0.416 e. The van der Waals surface area contributed by atoms with Crippen LogP contribution in [0.1, 0.15) is 31.4 Å². The van der Waals surface area contributed by atoms with Gasteiger partial charge in [-0.05, 0) is 44.5 Å². The first-order valence-corrected chi connectivity index (χ1v) is 7.11. The summed E-state index contributed by atoms with van der Waals surface area (Å²) in [4.78, 5) is 2.04. The Morgan fingerprint density at radius 2 is 2.05 bits per heavy atom. The van der Waals surface area contributed by atoms with Crippen LogP contribution in [0.3, 0.4) is 0 Å². The van der Waals surface area contributed by atoms with Gasteiger partial charge in [-0.15, -0.1) is 0 Å². The van der Waals surface area contributed by atoms with Crippen LogP contribution in [0.5, 0.6) is 0 Å². The third-order valence-electron chi connectivity index (χ3n) is 3.90. The van der Waals surface area contributed by atoms with Crippen molar-refractivity contribution in [3.05, 3.63) is 35.1 Å². The van der Waals surface area contributed by atoms with Crippen molar-refractivity contribution < 1.29 is 17.6 Å². The molecule has 0 bridgehead atoms. The van der Waals surface area contributed by atoms with Crippen LogP contribution in [0.2, 0.25) is 0 Å². The summed E-state index contributed by atoms with van der Waals surface area (Å²) in [5.41, 5.74) is -0.747. The van der Waals surface area contributed by atoms with Gasteiger partial charge in [-0.2, -0.15) is 13.2 Å². The molecule has 118 valence electrons. The Bertz CT molecular complexity index is 479. The van der Waals surface area contributed by atoms with Gasteiger partial charge in [0.1, 0.15) is 5.82 Å². The summed E-state index contributed by atoms with van der Waals surface area (Å²) < 4.78 is 52.3. The van der Waals surface area contributed by atoms with Crippen molar-refractivity contribution in [2.24, 2.45) is 0 Å². The molecule has 2 rings (SSSR count). The van der Waals surface area contributed by atoms with E-state index in [0.717, 1.165) is 25.6 Å². The zero-order valence-corrected chi connectivity index (χ0v) is 12.2. The van der Waals surface area contributed by atoms with Crippen LogP contribution in [0, 0.1) is 5.82 Å². The second-order valence-electron chi connectivity index (χ2n) is 5.71. The zero-order chi connectivity index (χ0) is 15.6. The Labute approximate surface area is 122 Å². The quantitative estimate of drug-likeness (QED) is 0.858. The lowest BCUT2D eigenvalue weighted by molar-refractivity contribution is -0.138. The summed E-state index contributed by atoms with van der Waals surface area (Å²) in [6.07, 6.45) is -3.62. The molecule has 1 aromatic rings. The van der Waals surface area contributed by atoms with E-state index in [1.165, 1.54) is 6.07 Å². The number of benzene rings is 1. The molecule has 1 aliphatic heterocycles. The molecular weight excluding hydrogens is 284 g/mol. The summed E-state index contributed by atoms with van der Waals surface area (Å²) >= 11 is 0. The fourth-order valence-electron chi connectivity index (χ4n) is 2.80. The lowest BCUT2D eigenvalue weighted by Gasteiger charge is -2.33. The van der Waals surface area contributed by atoms with Crippen LogP contribution in [-0.4, -0.2) is 30.1 Å². The molecule has 0 radical (unpaired) electrons. The van der Waals surface area contributed by atoms with Crippen molar-refractivity contribution in [3.63, 3.8) is 0 Å². The number of nitrogens with zero attached hydrogens (tertiary/aromatic N) is 1. The van der Waals surface area contributed by atoms with Gasteiger partial charge in [0.25, 0.3) is 0 Å². The van der Waals surface area contributed by atoms with Crippen LogP contribution < -0.4 is 5.32 Å². The van der Waals surface area contributed by atoms with Gasteiger partial charge in [0.2, 0.25) is 0 Å². The average molecular weight is 304 g/mol. The van der Waals surface area contributed by atoms with Crippen molar-refractivity contribution in [3.8, 4) is 0 Å². The SMILES string of the molecule is CC(C)N(Cc1ccc(F)cc1C(F)(F)F)[C@H]1CCNC1. The van der Waals surface area contributed by atoms with Crippen LogP contribution in [0.15, 0.2) is 18.2 Å². The normalized spacial score (nSPS) is 19.7.